The van der Waals surface area contributed by atoms with E-state index in [1.807, 2.05) is 19.2 Å². The Morgan fingerprint density at radius 3 is 2.27 bits per heavy atom. The average Bonchev–Trinajstić information content (AvgIpc) is 3.29. The molecular weight excluding hydrogens is 496 g/mol. The van der Waals surface area contributed by atoms with Gasteiger partial charge in [-0.05, 0) is 50.0 Å². The van der Waals surface area contributed by atoms with E-state index < -0.39 is 0 Å². The fraction of sp³-hybridized carbons (Fsp3) is 0.682. The van der Waals surface area contributed by atoms with Crippen molar-refractivity contribution in [2.45, 2.75) is 38.3 Å². The van der Waals surface area contributed by atoms with Crippen LogP contribution in [0, 0.1) is 5.82 Å². The lowest BCUT2D eigenvalue weighted by molar-refractivity contribution is 0.0170. The minimum absolute atomic E-state index is 0. The second kappa shape index (κ2) is 13.4. The maximum absolute atomic E-state index is 13.4. The van der Waals surface area contributed by atoms with Crippen molar-refractivity contribution in [1.29, 1.82) is 0 Å². The first kappa shape index (κ1) is 25.3. The molecule has 0 saturated carbocycles. The van der Waals surface area contributed by atoms with Gasteiger partial charge in [-0.2, -0.15) is 0 Å². The maximum atomic E-state index is 13.4. The third-order valence-corrected chi connectivity index (χ3v) is 6.06. The lowest BCUT2D eigenvalue weighted by atomic mass is 10.0. The van der Waals surface area contributed by atoms with E-state index in [1.54, 1.807) is 0 Å². The van der Waals surface area contributed by atoms with Crippen molar-refractivity contribution in [2.75, 3.05) is 59.5 Å². The highest BCUT2D eigenvalue weighted by atomic mass is 127. The Bertz CT molecular complexity index is 633. The summed E-state index contributed by atoms with van der Waals surface area (Å²) in [6.07, 6.45) is 3.75. The predicted octanol–water partition coefficient (Wildman–Crippen LogP) is 2.86. The van der Waals surface area contributed by atoms with Gasteiger partial charge < -0.3 is 15.4 Å². The first-order valence-electron chi connectivity index (χ1n) is 11.0. The molecule has 2 heterocycles. The molecule has 0 bridgehead atoms. The van der Waals surface area contributed by atoms with Gasteiger partial charge in [-0.15, -0.1) is 24.0 Å². The lowest BCUT2D eigenvalue weighted by Gasteiger charge is -2.35. The van der Waals surface area contributed by atoms with Crippen molar-refractivity contribution in [3.63, 3.8) is 0 Å². The molecule has 30 heavy (non-hydrogen) atoms. The molecule has 1 aromatic rings. The first-order valence-corrected chi connectivity index (χ1v) is 11.0. The largest absolute Gasteiger partial charge is 0.379 e. The minimum Gasteiger partial charge on any atom is -0.379 e. The number of rotatable bonds is 8. The number of nitrogens with one attached hydrogen (secondary N) is 2. The Labute approximate surface area is 197 Å². The van der Waals surface area contributed by atoms with Crippen LogP contribution < -0.4 is 10.6 Å². The molecule has 2 N–H and O–H groups in total. The van der Waals surface area contributed by atoms with Gasteiger partial charge >= 0.3 is 0 Å². The van der Waals surface area contributed by atoms with E-state index in [0.717, 1.165) is 50.8 Å². The standard InChI is InChI=1S/C22H36FN5O.HI/c1-3-20(27-10-4-5-11-27)16-25-22(24-2)26-17-21(28-12-14-29-15-13-28)18-6-8-19(23)9-7-18;/h6-9,20-21H,3-5,10-17H2,1-2H3,(H2,24,25,26);1H. The average molecular weight is 533 g/mol. The molecule has 2 aliphatic rings. The van der Waals surface area contributed by atoms with Crippen LogP contribution >= 0.6 is 24.0 Å². The lowest BCUT2D eigenvalue weighted by Crippen LogP contribution is -2.49. The molecule has 6 nitrogen and oxygen atoms in total. The highest BCUT2D eigenvalue weighted by Gasteiger charge is 2.24. The summed E-state index contributed by atoms with van der Waals surface area (Å²) in [6, 6.07) is 7.54. The van der Waals surface area contributed by atoms with Gasteiger partial charge in [-0.1, -0.05) is 19.1 Å². The zero-order valence-electron chi connectivity index (χ0n) is 18.3. The molecule has 0 amide bonds. The minimum atomic E-state index is -0.201. The van der Waals surface area contributed by atoms with E-state index in [4.69, 9.17) is 4.74 Å². The summed E-state index contributed by atoms with van der Waals surface area (Å²) >= 11 is 0. The van der Waals surface area contributed by atoms with Gasteiger partial charge in [0.1, 0.15) is 5.82 Å². The first-order chi connectivity index (χ1) is 14.2. The molecule has 1 aromatic carbocycles. The quantitative estimate of drug-likeness (QED) is 0.306. The van der Waals surface area contributed by atoms with Crippen LogP contribution in [-0.4, -0.2) is 81.3 Å². The van der Waals surface area contributed by atoms with E-state index in [9.17, 15) is 4.39 Å². The molecule has 0 aliphatic carbocycles. The SMILES string of the molecule is CCC(CNC(=NC)NCC(c1ccc(F)cc1)N1CCOCC1)N1CCCC1.I. The summed E-state index contributed by atoms with van der Waals surface area (Å²) < 4.78 is 18.9. The summed E-state index contributed by atoms with van der Waals surface area (Å²) in [5.41, 5.74) is 1.11. The zero-order valence-corrected chi connectivity index (χ0v) is 20.6. The van der Waals surface area contributed by atoms with Crippen molar-refractivity contribution in [2.24, 2.45) is 4.99 Å². The van der Waals surface area contributed by atoms with Crippen molar-refractivity contribution in [3.8, 4) is 0 Å². The third kappa shape index (κ3) is 7.32. The number of aliphatic imine (C=N–C) groups is 1. The molecule has 0 aromatic heterocycles. The van der Waals surface area contributed by atoms with Crippen molar-refractivity contribution in [1.82, 2.24) is 20.4 Å². The van der Waals surface area contributed by atoms with E-state index in [1.165, 1.54) is 38.1 Å². The fourth-order valence-corrected chi connectivity index (χ4v) is 4.30. The smallest absolute Gasteiger partial charge is 0.191 e. The highest BCUT2D eigenvalue weighted by molar-refractivity contribution is 14.0. The highest BCUT2D eigenvalue weighted by Crippen LogP contribution is 2.21. The predicted molar refractivity (Wildman–Crippen MR) is 131 cm³/mol. The Balaban J connectivity index is 0.00000320. The second-order valence-corrected chi connectivity index (χ2v) is 7.85. The number of nitrogens with zero attached hydrogens (tertiary/aromatic N) is 3. The molecular formula is C22H37FIN5O. The maximum Gasteiger partial charge on any atom is 0.191 e. The summed E-state index contributed by atoms with van der Waals surface area (Å²) in [4.78, 5) is 9.40. The molecule has 2 unspecified atom stereocenters. The number of hydrogen-bond acceptors (Lipinski definition) is 4. The summed E-state index contributed by atoms with van der Waals surface area (Å²) in [5, 5.41) is 7.00. The molecule has 8 heteroatoms. The number of morpholine rings is 1. The Hall–Kier alpha value is -0.970. The topological polar surface area (TPSA) is 52.1 Å². The second-order valence-electron chi connectivity index (χ2n) is 7.85. The van der Waals surface area contributed by atoms with E-state index >= 15 is 0 Å². The Kier molecular flexibility index (Phi) is 11.3. The Morgan fingerprint density at radius 1 is 1.03 bits per heavy atom. The van der Waals surface area contributed by atoms with Gasteiger partial charge in [0, 0.05) is 39.3 Å². The van der Waals surface area contributed by atoms with Crippen LogP contribution in [0.1, 0.15) is 37.8 Å². The zero-order chi connectivity index (χ0) is 20.5. The summed E-state index contributed by atoms with van der Waals surface area (Å²) in [6.45, 7) is 9.50. The van der Waals surface area contributed by atoms with Gasteiger partial charge in [0.25, 0.3) is 0 Å². The van der Waals surface area contributed by atoms with Crippen molar-refractivity contribution in [3.05, 3.63) is 35.6 Å². The molecule has 2 fully saturated rings. The normalized spacial score (nSPS) is 20.4. The van der Waals surface area contributed by atoms with Crippen LogP contribution in [-0.2, 0) is 4.74 Å². The van der Waals surface area contributed by atoms with E-state index in [-0.39, 0.29) is 35.8 Å². The van der Waals surface area contributed by atoms with Gasteiger partial charge in [0.05, 0.1) is 19.3 Å². The molecule has 0 radical (unpaired) electrons. The number of benzene rings is 1. The summed E-state index contributed by atoms with van der Waals surface area (Å²) in [7, 11) is 1.81. The van der Waals surface area contributed by atoms with Gasteiger partial charge in [-0.3, -0.25) is 14.8 Å². The number of ether oxygens (including phenoxy) is 1. The Morgan fingerprint density at radius 2 is 1.67 bits per heavy atom. The van der Waals surface area contributed by atoms with E-state index in [0.29, 0.717) is 12.6 Å². The van der Waals surface area contributed by atoms with Crippen LogP contribution in [0.25, 0.3) is 0 Å². The fourth-order valence-electron chi connectivity index (χ4n) is 4.30. The van der Waals surface area contributed by atoms with Crippen LogP contribution in [0.3, 0.4) is 0 Å². The molecule has 2 aliphatic heterocycles. The number of guanidine groups is 1. The molecule has 0 spiro atoms. The summed E-state index contributed by atoms with van der Waals surface area (Å²) in [5.74, 6) is 0.621. The van der Waals surface area contributed by atoms with Crippen LogP contribution in [0.15, 0.2) is 29.3 Å². The number of likely N-dealkylation sites (tertiary alicyclic amines) is 1. The van der Waals surface area contributed by atoms with Crippen LogP contribution in [0.4, 0.5) is 4.39 Å². The van der Waals surface area contributed by atoms with Crippen molar-refractivity contribution >= 4 is 29.9 Å². The number of halogens is 2. The molecule has 3 rings (SSSR count). The number of hydrogen-bond donors (Lipinski definition) is 2. The van der Waals surface area contributed by atoms with E-state index in [2.05, 4.69) is 32.3 Å². The van der Waals surface area contributed by atoms with Gasteiger partial charge in [0.15, 0.2) is 5.96 Å². The van der Waals surface area contributed by atoms with Gasteiger partial charge in [0.2, 0.25) is 0 Å². The van der Waals surface area contributed by atoms with Gasteiger partial charge in [-0.25, -0.2) is 4.39 Å². The van der Waals surface area contributed by atoms with Crippen LogP contribution in [0.5, 0.6) is 0 Å². The molecule has 2 atom stereocenters. The molecule has 170 valence electrons. The molecule has 2 saturated heterocycles. The van der Waals surface area contributed by atoms with Crippen LogP contribution in [0.2, 0.25) is 0 Å². The van der Waals surface area contributed by atoms with Crippen molar-refractivity contribution < 1.29 is 9.13 Å². The third-order valence-electron chi connectivity index (χ3n) is 6.06. The monoisotopic (exact) mass is 533 g/mol.